The van der Waals surface area contributed by atoms with Crippen molar-refractivity contribution in [1.82, 2.24) is 10.6 Å². The molecule has 1 atom stereocenters. The number of ether oxygens (including phenoxy) is 1. The number of phenols is 1. The third kappa shape index (κ3) is 5.78. The zero-order valence-corrected chi connectivity index (χ0v) is 18.9. The first-order valence-corrected chi connectivity index (χ1v) is 11.3. The van der Waals surface area contributed by atoms with Gasteiger partial charge in [-0.1, -0.05) is 60.7 Å². The number of rotatable bonds is 9. The van der Waals surface area contributed by atoms with Gasteiger partial charge in [-0.3, -0.25) is 9.59 Å². The van der Waals surface area contributed by atoms with Crippen LogP contribution >= 0.6 is 0 Å². The van der Waals surface area contributed by atoms with Gasteiger partial charge < -0.3 is 25.6 Å². The van der Waals surface area contributed by atoms with Crippen LogP contribution in [0, 0.1) is 0 Å². The van der Waals surface area contributed by atoms with Gasteiger partial charge in [-0.15, -0.1) is 0 Å². The standard InChI is InChI=1S/C27H26N2O6/c30-18-11-9-17(10-12-18)13-14-28-26(33)24(15-25(31)32)29-27(34)35-16-23-21-7-3-1-5-19(21)20-6-2-4-8-22(20)23/h1-12,23-24,30H,13-16H2,(H,28,33)(H,29,34)(H,31,32). The smallest absolute Gasteiger partial charge is 0.407 e. The maximum atomic E-state index is 12.6. The van der Waals surface area contributed by atoms with E-state index in [9.17, 15) is 24.6 Å². The van der Waals surface area contributed by atoms with Crippen molar-refractivity contribution in [3.8, 4) is 16.9 Å². The van der Waals surface area contributed by atoms with Crippen LogP contribution in [0.25, 0.3) is 11.1 Å². The van der Waals surface area contributed by atoms with Crippen LogP contribution in [-0.4, -0.2) is 47.4 Å². The molecule has 0 spiro atoms. The Labute approximate surface area is 202 Å². The number of aromatic hydroxyl groups is 1. The maximum absolute atomic E-state index is 12.6. The predicted octanol–water partition coefficient (Wildman–Crippen LogP) is 3.43. The first-order valence-electron chi connectivity index (χ1n) is 11.3. The van der Waals surface area contributed by atoms with Crippen molar-refractivity contribution in [2.75, 3.05) is 13.2 Å². The number of carbonyl (C=O) groups excluding carboxylic acids is 2. The highest BCUT2D eigenvalue weighted by atomic mass is 16.5. The van der Waals surface area contributed by atoms with Crippen molar-refractivity contribution in [2.45, 2.75) is 24.8 Å². The van der Waals surface area contributed by atoms with Gasteiger partial charge in [0, 0.05) is 12.5 Å². The summed E-state index contributed by atoms with van der Waals surface area (Å²) < 4.78 is 5.44. The number of nitrogens with one attached hydrogen (secondary N) is 2. The van der Waals surface area contributed by atoms with Gasteiger partial charge in [0.2, 0.25) is 5.91 Å². The molecule has 0 heterocycles. The number of phenolic OH excluding ortho intramolecular Hbond substituents is 1. The van der Waals surface area contributed by atoms with Gasteiger partial charge in [0.1, 0.15) is 18.4 Å². The molecule has 1 unspecified atom stereocenters. The van der Waals surface area contributed by atoms with Crippen LogP contribution in [0.3, 0.4) is 0 Å². The lowest BCUT2D eigenvalue weighted by Gasteiger charge is -2.18. The minimum absolute atomic E-state index is 0.0577. The Morgan fingerprint density at radius 2 is 1.49 bits per heavy atom. The number of hydrogen-bond donors (Lipinski definition) is 4. The fraction of sp³-hybridized carbons (Fsp3) is 0.222. The molecule has 2 amide bonds. The second kappa shape index (κ2) is 10.7. The molecule has 0 radical (unpaired) electrons. The molecule has 35 heavy (non-hydrogen) atoms. The zero-order chi connectivity index (χ0) is 24.8. The van der Waals surface area contributed by atoms with Gasteiger partial charge in [0.25, 0.3) is 0 Å². The molecule has 0 bridgehead atoms. The van der Waals surface area contributed by atoms with Crippen LogP contribution in [0.4, 0.5) is 4.79 Å². The molecule has 8 heteroatoms. The number of alkyl carbamates (subject to hydrolysis) is 1. The minimum Gasteiger partial charge on any atom is -0.508 e. The molecule has 1 aliphatic rings. The molecule has 1 aliphatic carbocycles. The van der Waals surface area contributed by atoms with E-state index < -0.39 is 30.4 Å². The molecule has 4 rings (SSSR count). The SMILES string of the molecule is O=C(O)CC(NC(=O)OCC1c2ccccc2-c2ccccc21)C(=O)NCCc1ccc(O)cc1. The molecule has 0 aromatic heterocycles. The minimum atomic E-state index is -1.28. The first-order chi connectivity index (χ1) is 16.9. The Balaban J connectivity index is 1.34. The summed E-state index contributed by atoms with van der Waals surface area (Å²) in [4.78, 5) is 36.3. The van der Waals surface area contributed by atoms with Crippen molar-refractivity contribution in [3.63, 3.8) is 0 Å². The molecule has 0 fully saturated rings. The fourth-order valence-electron chi connectivity index (χ4n) is 4.28. The van der Waals surface area contributed by atoms with E-state index in [4.69, 9.17) is 4.74 Å². The lowest BCUT2D eigenvalue weighted by atomic mass is 9.98. The third-order valence-corrected chi connectivity index (χ3v) is 5.98. The maximum Gasteiger partial charge on any atom is 0.407 e. The first kappa shape index (κ1) is 23.8. The molecule has 0 saturated carbocycles. The average molecular weight is 475 g/mol. The van der Waals surface area contributed by atoms with E-state index in [2.05, 4.69) is 10.6 Å². The number of benzene rings is 3. The molecule has 3 aromatic carbocycles. The van der Waals surface area contributed by atoms with E-state index in [-0.39, 0.29) is 24.8 Å². The topological polar surface area (TPSA) is 125 Å². The number of carboxylic acids is 1. The Bertz CT molecular complexity index is 1180. The van der Waals surface area contributed by atoms with Crippen molar-refractivity contribution >= 4 is 18.0 Å². The molecule has 8 nitrogen and oxygen atoms in total. The second-order valence-electron chi connectivity index (χ2n) is 8.33. The van der Waals surface area contributed by atoms with E-state index in [1.807, 2.05) is 48.5 Å². The highest BCUT2D eigenvalue weighted by Gasteiger charge is 2.30. The summed E-state index contributed by atoms with van der Waals surface area (Å²) in [6.07, 6.45) is -0.946. The normalized spacial score (nSPS) is 12.8. The highest BCUT2D eigenvalue weighted by molar-refractivity contribution is 5.89. The van der Waals surface area contributed by atoms with Gasteiger partial charge in [-0.25, -0.2) is 4.79 Å². The summed E-state index contributed by atoms with van der Waals surface area (Å²) in [6.45, 7) is 0.300. The number of carbonyl (C=O) groups is 3. The highest BCUT2D eigenvalue weighted by Crippen LogP contribution is 2.44. The van der Waals surface area contributed by atoms with E-state index in [0.717, 1.165) is 27.8 Å². The van der Waals surface area contributed by atoms with Crippen LogP contribution in [0.2, 0.25) is 0 Å². The van der Waals surface area contributed by atoms with Gasteiger partial charge >= 0.3 is 12.1 Å². The van der Waals surface area contributed by atoms with Crippen LogP contribution in [-0.2, 0) is 20.7 Å². The lowest BCUT2D eigenvalue weighted by Crippen LogP contribution is -2.48. The summed E-state index contributed by atoms with van der Waals surface area (Å²) in [5.74, 6) is -1.83. The zero-order valence-electron chi connectivity index (χ0n) is 18.9. The van der Waals surface area contributed by atoms with Crippen molar-refractivity contribution < 1.29 is 29.3 Å². The van der Waals surface area contributed by atoms with Crippen LogP contribution < -0.4 is 10.6 Å². The molecule has 4 N–H and O–H groups in total. The summed E-state index contributed by atoms with van der Waals surface area (Å²) in [6, 6.07) is 21.1. The van der Waals surface area contributed by atoms with Crippen LogP contribution in [0.5, 0.6) is 5.75 Å². The number of amides is 2. The third-order valence-electron chi connectivity index (χ3n) is 5.98. The van der Waals surface area contributed by atoms with Gasteiger partial charge in [-0.05, 0) is 46.4 Å². The van der Waals surface area contributed by atoms with Crippen LogP contribution in [0.1, 0.15) is 29.0 Å². The van der Waals surface area contributed by atoms with Gasteiger partial charge in [0.05, 0.1) is 6.42 Å². The van der Waals surface area contributed by atoms with Crippen molar-refractivity contribution in [1.29, 1.82) is 0 Å². The Morgan fingerprint density at radius 1 is 0.886 bits per heavy atom. The largest absolute Gasteiger partial charge is 0.508 e. The molecular formula is C27H26N2O6. The Hall–Kier alpha value is -4.33. The van der Waals surface area contributed by atoms with E-state index in [1.165, 1.54) is 0 Å². The number of aliphatic carboxylic acids is 1. The molecule has 3 aromatic rings. The lowest BCUT2D eigenvalue weighted by molar-refractivity contribution is -0.139. The molecular weight excluding hydrogens is 448 g/mol. The van der Waals surface area contributed by atoms with Gasteiger partial charge in [0.15, 0.2) is 0 Å². The second-order valence-corrected chi connectivity index (χ2v) is 8.33. The summed E-state index contributed by atoms with van der Waals surface area (Å²) in [5.41, 5.74) is 5.18. The van der Waals surface area contributed by atoms with Crippen molar-refractivity contribution in [2.24, 2.45) is 0 Å². The Kier molecular flexibility index (Phi) is 7.30. The molecule has 180 valence electrons. The summed E-state index contributed by atoms with van der Waals surface area (Å²) >= 11 is 0. The van der Waals surface area contributed by atoms with Gasteiger partial charge in [-0.2, -0.15) is 0 Å². The average Bonchev–Trinajstić information content (AvgIpc) is 3.17. The van der Waals surface area contributed by atoms with Crippen LogP contribution in [0.15, 0.2) is 72.8 Å². The Morgan fingerprint density at radius 3 is 2.09 bits per heavy atom. The molecule has 0 aliphatic heterocycles. The number of carboxylic acid groups (broad SMARTS) is 1. The van der Waals surface area contributed by atoms with E-state index in [1.54, 1.807) is 24.3 Å². The quantitative estimate of drug-likeness (QED) is 0.377. The van der Waals surface area contributed by atoms with E-state index >= 15 is 0 Å². The monoisotopic (exact) mass is 474 g/mol. The number of hydrogen-bond acceptors (Lipinski definition) is 5. The summed E-state index contributed by atoms with van der Waals surface area (Å²) in [7, 11) is 0. The fourth-order valence-corrected chi connectivity index (χ4v) is 4.28. The molecule has 0 saturated heterocycles. The van der Waals surface area contributed by atoms with Crippen molar-refractivity contribution in [3.05, 3.63) is 89.5 Å². The summed E-state index contributed by atoms with van der Waals surface area (Å²) in [5, 5.41) is 23.6. The number of fused-ring (bicyclic) bond motifs is 3. The van der Waals surface area contributed by atoms with E-state index in [0.29, 0.717) is 6.42 Å². The predicted molar refractivity (Wildman–Crippen MR) is 129 cm³/mol.